The van der Waals surface area contributed by atoms with Crippen molar-refractivity contribution >= 4 is 40.3 Å². The molecule has 2 nitrogen and oxygen atoms in total. The molecule has 16 heavy (non-hydrogen) atoms. The molecule has 1 N–H and O–H groups in total. The van der Waals surface area contributed by atoms with E-state index in [1.54, 1.807) is 0 Å². The topological polar surface area (TPSA) is 29.1 Å². The van der Waals surface area contributed by atoms with Crippen LogP contribution in [0.2, 0.25) is 0 Å². The number of carbonyl (C=O) groups excluding carboxylic acids is 1. The van der Waals surface area contributed by atoms with Crippen LogP contribution in [0.1, 0.15) is 16.8 Å². The first kappa shape index (κ1) is 12.2. The van der Waals surface area contributed by atoms with E-state index >= 15 is 0 Å². The molecule has 1 heterocycles. The summed E-state index contributed by atoms with van der Waals surface area (Å²) >= 11 is 4.22. The Kier molecular flexibility index (Phi) is 4.52. The summed E-state index contributed by atoms with van der Waals surface area (Å²) in [5, 5.41) is 3.01. The number of rotatable bonds is 3. The zero-order chi connectivity index (χ0) is 11.4. The third-order valence-corrected chi connectivity index (χ3v) is 4.63. The first-order valence-corrected chi connectivity index (χ1v) is 7.60. The number of hydrogen-bond acceptors (Lipinski definition) is 2. The highest BCUT2D eigenvalue weighted by atomic mass is 127. The predicted molar refractivity (Wildman–Crippen MR) is 76.9 cm³/mol. The van der Waals surface area contributed by atoms with E-state index < -0.39 is 0 Å². The Hall–Kier alpha value is -0.230. The van der Waals surface area contributed by atoms with Crippen molar-refractivity contribution < 1.29 is 4.79 Å². The number of amides is 1. The van der Waals surface area contributed by atoms with E-state index in [0.717, 1.165) is 15.7 Å². The summed E-state index contributed by atoms with van der Waals surface area (Å²) in [6.07, 6.45) is 1.23. The highest BCUT2D eigenvalue weighted by Crippen LogP contribution is 2.22. The fourth-order valence-electron chi connectivity index (χ4n) is 1.68. The molecule has 1 fully saturated rings. The van der Waals surface area contributed by atoms with E-state index in [-0.39, 0.29) is 5.91 Å². The smallest absolute Gasteiger partial charge is 0.251 e. The van der Waals surface area contributed by atoms with Gasteiger partial charge in [-0.2, -0.15) is 11.8 Å². The highest BCUT2D eigenvalue weighted by molar-refractivity contribution is 14.1. The van der Waals surface area contributed by atoms with Crippen LogP contribution in [0.3, 0.4) is 0 Å². The van der Waals surface area contributed by atoms with Crippen LogP contribution in [-0.2, 0) is 0 Å². The highest BCUT2D eigenvalue weighted by Gasteiger charge is 2.16. The molecule has 0 aromatic heterocycles. The molecule has 2 rings (SSSR count). The third kappa shape index (κ3) is 3.38. The second kappa shape index (κ2) is 5.91. The Labute approximate surface area is 114 Å². The molecule has 1 amide bonds. The predicted octanol–water partition coefficient (Wildman–Crippen LogP) is 2.77. The summed E-state index contributed by atoms with van der Waals surface area (Å²) < 4.78 is 1.15. The molecule has 1 aliphatic heterocycles. The van der Waals surface area contributed by atoms with E-state index in [1.807, 2.05) is 36.0 Å². The molecule has 1 aromatic rings. The van der Waals surface area contributed by atoms with E-state index in [9.17, 15) is 4.79 Å². The second-order valence-electron chi connectivity index (χ2n) is 3.95. The van der Waals surface area contributed by atoms with Crippen molar-refractivity contribution in [2.75, 3.05) is 18.1 Å². The standard InChI is InChI=1S/C12H14INOS/c13-11-3-1-10(2-4-11)12(15)14-7-9-5-6-16-8-9/h1-4,9H,5-8H2,(H,14,15). The Balaban J connectivity index is 1.85. The number of thioether (sulfide) groups is 1. The number of benzene rings is 1. The van der Waals surface area contributed by atoms with Gasteiger partial charge < -0.3 is 5.32 Å². The van der Waals surface area contributed by atoms with Crippen molar-refractivity contribution in [2.24, 2.45) is 5.92 Å². The maximum absolute atomic E-state index is 11.8. The molecular weight excluding hydrogens is 333 g/mol. The van der Waals surface area contributed by atoms with Gasteiger partial charge in [0.05, 0.1) is 0 Å². The van der Waals surface area contributed by atoms with E-state index in [4.69, 9.17) is 0 Å². The van der Waals surface area contributed by atoms with Gasteiger partial charge in [-0.3, -0.25) is 4.79 Å². The average Bonchev–Trinajstić information content (AvgIpc) is 2.80. The molecule has 1 atom stereocenters. The number of hydrogen-bond donors (Lipinski definition) is 1. The summed E-state index contributed by atoms with van der Waals surface area (Å²) in [6.45, 7) is 0.817. The lowest BCUT2D eigenvalue weighted by molar-refractivity contribution is 0.0948. The van der Waals surface area contributed by atoms with Crippen LogP contribution < -0.4 is 5.32 Å². The largest absolute Gasteiger partial charge is 0.352 e. The van der Waals surface area contributed by atoms with Gasteiger partial charge in [0, 0.05) is 15.7 Å². The van der Waals surface area contributed by atoms with Crippen LogP contribution in [0, 0.1) is 9.49 Å². The van der Waals surface area contributed by atoms with Crippen LogP contribution in [0.15, 0.2) is 24.3 Å². The van der Waals surface area contributed by atoms with Crippen molar-refractivity contribution in [1.82, 2.24) is 5.32 Å². The summed E-state index contributed by atoms with van der Waals surface area (Å²) in [5.74, 6) is 3.14. The third-order valence-electron chi connectivity index (χ3n) is 2.68. The van der Waals surface area contributed by atoms with Crippen LogP contribution in [0.4, 0.5) is 0 Å². The van der Waals surface area contributed by atoms with Crippen molar-refractivity contribution in [3.63, 3.8) is 0 Å². The van der Waals surface area contributed by atoms with Gasteiger partial charge in [-0.15, -0.1) is 0 Å². The average molecular weight is 347 g/mol. The maximum atomic E-state index is 11.8. The SMILES string of the molecule is O=C(NCC1CCSC1)c1ccc(I)cc1. The molecule has 86 valence electrons. The van der Waals surface area contributed by atoms with E-state index in [2.05, 4.69) is 27.9 Å². The number of halogens is 1. The molecule has 4 heteroatoms. The first-order valence-electron chi connectivity index (χ1n) is 5.37. The minimum atomic E-state index is 0.0494. The summed E-state index contributed by atoms with van der Waals surface area (Å²) in [4.78, 5) is 11.8. The summed E-state index contributed by atoms with van der Waals surface area (Å²) in [5.41, 5.74) is 0.756. The molecule has 1 aromatic carbocycles. The van der Waals surface area contributed by atoms with Crippen LogP contribution in [0.5, 0.6) is 0 Å². The minimum absolute atomic E-state index is 0.0494. The lowest BCUT2D eigenvalue weighted by atomic mass is 10.1. The number of carbonyl (C=O) groups is 1. The molecule has 0 aliphatic carbocycles. The lowest BCUT2D eigenvalue weighted by Crippen LogP contribution is -2.29. The van der Waals surface area contributed by atoms with Crippen molar-refractivity contribution in [3.05, 3.63) is 33.4 Å². The lowest BCUT2D eigenvalue weighted by Gasteiger charge is -2.09. The quantitative estimate of drug-likeness (QED) is 0.852. The van der Waals surface area contributed by atoms with Gasteiger partial charge in [-0.25, -0.2) is 0 Å². The van der Waals surface area contributed by atoms with Crippen LogP contribution in [-0.4, -0.2) is 24.0 Å². The van der Waals surface area contributed by atoms with Gasteiger partial charge in [0.25, 0.3) is 5.91 Å². The zero-order valence-electron chi connectivity index (χ0n) is 8.91. The first-order chi connectivity index (χ1) is 7.75. The molecule has 0 spiro atoms. The second-order valence-corrected chi connectivity index (χ2v) is 6.34. The van der Waals surface area contributed by atoms with Gasteiger partial charge >= 0.3 is 0 Å². The molecule has 1 unspecified atom stereocenters. The number of nitrogens with one attached hydrogen (secondary N) is 1. The van der Waals surface area contributed by atoms with Crippen LogP contribution in [0.25, 0.3) is 0 Å². The summed E-state index contributed by atoms with van der Waals surface area (Å²) in [6, 6.07) is 7.67. The van der Waals surface area contributed by atoms with Crippen molar-refractivity contribution in [3.8, 4) is 0 Å². The normalized spacial score (nSPS) is 19.7. The van der Waals surface area contributed by atoms with Gasteiger partial charge in [0.1, 0.15) is 0 Å². The minimum Gasteiger partial charge on any atom is -0.352 e. The molecule has 0 saturated carbocycles. The van der Waals surface area contributed by atoms with Gasteiger partial charge in [0.15, 0.2) is 0 Å². The van der Waals surface area contributed by atoms with E-state index in [1.165, 1.54) is 17.9 Å². The summed E-state index contributed by atoms with van der Waals surface area (Å²) in [7, 11) is 0. The van der Waals surface area contributed by atoms with Gasteiger partial charge in [-0.1, -0.05) is 0 Å². The maximum Gasteiger partial charge on any atom is 0.251 e. The monoisotopic (exact) mass is 347 g/mol. The Bertz CT molecular complexity index is 360. The van der Waals surface area contributed by atoms with Gasteiger partial charge in [0.2, 0.25) is 0 Å². The van der Waals surface area contributed by atoms with Crippen molar-refractivity contribution in [2.45, 2.75) is 6.42 Å². The Morgan fingerprint density at radius 3 is 2.81 bits per heavy atom. The molecule has 0 radical (unpaired) electrons. The fourth-order valence-corrected chi connectivity index (χ4v) is 3.33. The molecule has 1 aliphatic rings. The zero-order valence-corrected chi connectivity index (χ0v) is 11.9. The van der Waals surface area contributed by atoms with E-state index in [0.29, 0.717) is 5.92 Å². The molecule has 0 bridgehead atoms. The van der Waals surface area contributed by atoms with Crippen LogP contribution >= 0.6 is 34.4 Å². The fraction of sp³-hybridized carbons (Fsp3) is 0.417. The van der Waals surface area contributed by atoms with Crippen molar-refractivity contribution in [1.29, 1.82) is 0 Å². The molecule has 1 saturated heterocycles. The Morgan fingerprint density at radius 1 is 1.44 bits per heavy atom. The Morgan fingerprint density at radius 2 is 2.19 bits per heavy atom. The molecular formula is C12H14INOS. The van der Waals surface area contributed by atoms with Gasteiger partial charge in [-0.05, 0) is 70.7 Å².